The molecule has 0 saturated carbocycles. The van der Waals surface area contributed by atoms with Crippen molar-refractivity contribution in [2.45, 2.75) is 6.92 Å². The van der Waals surface area contributed by atoms with E-state index in [1.165, 1.54) is 23.5 Å². The van der Waals surface area contributed by atoms with E-state index in [4.69, 9.17) is 0 Å². The number of fused-ring (bicyclic) bond motifs is 1. The number of amides is 1. The fraction of sp³-hybridized carbons (Fsp3) is 0.0909. The molecule has 1 aromatic carbocycles. The number of nitrogens with one attached hydrogen (secondary N) is 1. The Kier molecular flexibility index (Phi) is 2.96. The number of nitrogens with zero attached hydrogens (tertiary/aromatic N) is 3. The molecule has 1 N–H and O–H groups in total. The second-order valence-electron chi connectivity index (χ2n) is 3.77. The molecule has 0 atom stereocenters. The van der Waals surface area contributed by atoms with Crippen LogP contribution in [0.5, 0.6) is 0 Å². The molecule has 0 aliphatic rings. The number of halogens is 1. The predicted octanol–water partition coefficient (Wildman–Crippen LogP) is 2.85. The summed E-state index contributed by atoms with van der Waals surface area (Å²) >= 11 is 2.25. The first-order chi connectivity index (χ1) is 9.13. The first kappa shape index (κ1) is 12.1. The second-order valence-corrected chi connectivity index (χ2v) is 5.56. The van der Waals surface area contributed by atoms with E-state index in [0.29, 0.717) is 25.9 Å². The molecule has 0 spiro atoms. The van der Waals surface area contributed by atoms with E-state index in [0.717, 1.165) is 11.5 Å². The number of carbonyl (C=O) groups is 1. The van der Waals surface area contributed by atoms with Gasteiger partial charge in [0.05, 0.1) is 15.9 Å². The Hall–Kier alpha value is -1.93. The average molecular weight is 294 g/mol. The molecule has 3 aromatic rings. The van der Waals surface area contributed by atoms with E-state index in [-0.39, 0.29) is 11.7 Å². The van der Waals surface area contributed by atoms with Gasteiger partial charge in [-0.15, -0.1) is 5.10 Å². The SMILES string of the molecule is Cc1nnsc1C(=O)Nc1nc2ccc(F)cc2s1. The molecule has 0 unspecified atom stereocenters. The molecule has 0 saturated heterocycles. The number of aromatic nitrogens is 3. The molecule has 8 heteroatoms. The largest absolute Gasteiger partial charge is 0.297 e. The highest BCUT2D eigenvalue weighted by Crippen LogP contribution is 2.27. The molecular formula is C11H7FN4OS2. The Morgan fingerprint density at radius 1 is 1.42 bits per heavy atom. The average Bonchev–Trinajstić information content (AvgIpc) is 2.94. The topological polar surface area (TPSA) is 67.8 Å². The molecule has 2 aromatic heterocycles. The highest BCUT2D eigenvalue weighted by Gasteiger charge is 2.15. The van der Waals surface area contributed by atoms with Crippen molar-refractivity contribution in [2.75, 3.05) is 5.32 Å². The smallest absolute Gasteiger partial charge is 0.271 e. The number of aryl methyl sites for hydroxylation is 1. The van der Waals surface area contributed by atoms with Gasteiger partial charge in [-0.1, -0.05) is 15.8 Å². The summed E-state index contributed by atoms with van der Waals surface area (Å²) in [6, 6.07) is 4.31. The molecule has 96 valence electrons. The van der Waals surface area contributed by atoms with Crippen LogP contribution >= 0.6 is 22.9 Å². The van der Waals surface area contributed by atoms with Crippen LogP contribution in [-0.2, 0) is 0 Å². The van der Waals surface area contributed by atoms with E-state index < -0.39 is 0 Å². The van der Waals surface area contributed by atoms with Gasteiger partial charge in [0.25, 0.3) is 5.91 Å². The summed E-state index contributed by atoms with van der Waals surface area (Å²) in [6.07, 6.45) is 0. The van der Waals surface area contributed by atoms with Gasteiger partial charge in [0.1, 0.15) is 10.7 Å². The summed E-state index contributed by atoms with van der Waals surface area (Å²) < 4.78 is 17.5. The maximum Gasteiger partial charge on any atom is 0.271 e. The van der Waals surface area contributed by atoms with Crippen molar-refractivity contribution in [1.82, 2.24) is 14.6 Å². The van der Waals surface area contributed by atoms with Crippen LogP contribution in [0.25, 0.3) is 10.2 Å². The lowest BCUT2D eigenvalue weighted by atomic mass is 10.3. The van der Waals surface area contributed by atoms with Crippen molar-refractivity contribution in [2.24, 2.45) is 0 Å². The van der Waals surface area contributed by atoms with Gasteiger partial charge in [-0.05, 0) is 36.7 Å². The predicted molar refractivity (Wildman–Crippen MR) is 72.2 cm³/mol. The fourth-order valence-electron chi connectivity index (χ4n) is 1.55. The van der Waals surface area contributed by atoms with Crippen molar-refractivity contribution in [3.8, 4) is 0 Å². The number of hydrogen-bond donors (Lipinski definition) is 1. The van der Waals surface area contributed by atoms with Crippen LogP contribution in [0, 0.1) is 12.7 Å². The van der Waals surface area contributed by atoms with Gasteiger partial charge in [0, 0.05) is 0 Å². The minimum absolute atomic E-state index is 0.299. The number of anilines is 1. The molecule has 0 aliphatic carbocycles. The molecule has 1 amide bonds. The van der Waals surface area contributed by atoms with Crippen molar-refractivity contribution in [3.63, 3.8) is 0 Å². The third-order valence-corrected chi connectivity index (χ3v) is 4.19. The summed E-state index contributed by atoms with van der Waals surface area (Å²) in [6.45, 7) is 1.71. The molecular weight excluding hydrogens is 287 g/mol. The quantitative estimate of drug-likeness (QED) is 0.789. The standard InChI is InChI=1S/C11H7FN4OS2/c1-5-9(19-16-15-5)10(17)14-11-13-7-3-2-6(12)4-8(7)18-11/h2-4H,1H3,(H,13,14,17). The molecule has 19 heavy (non-hydrogen) atoms. The molecule has 0 aliphatic heterocycles. The van der Waals surface area contributed by atoms with Crippen LogP contribution in [-0.4, -0.2) is 20.5 Å². The van der Waals surface area contributed by atoms with Gasteiger partial charge in [0.15, 0.2) is 5.13 Å². The van der Waals surface area contributed by atoms with Crippen LogP contribution in [0.15, 0.2) is 18.2 Å². The van der Waals surface area contributed by atoms with Gasteiger partial charge in [-0.3, -0.25) is 10.1 Å². The summed E-state index contributed by atoms with van der Waals surface area (Å²) in [5.74, 6) is -0.622. The summed E-state index contributed by atoms with van der Waals surface area (Å²) in [4.78, 5) is 16.6. The Labute approximate surface area is 115 Å². The molecule has 0 bridgehead atoms. The fourth-order valence-corrected chi connectivity index (χ4v) is 2.98. The Morgan fingerprint density at radius 3 is 3.00 bits per heavy atom. The molecule has 2 heterocycles. The van der Waals surface area contributed by atoms with Gasteiger partial charge in [-0.25, -0.2) is 9.37 Å². The van der Waals surface area contributed by atoms with E-state index >= 15 is 0 Å². The number of carbonyl (C=O) groups excluding carboxylic acids is 1. The van der Waals surface area contributed by atoms with E-state index in [2.05, 4.69) is 19.9 Å². The third-order valence-electron chi connectivity index (χ3n) is 2.43. The van der Waals surface area contributed by atoms with Crippen LogP contribution in [0.1, 0.15) is 15.4 Å². The molecule has 0 fully saturated rings. The number of thiazole rings is 1. The third kappa shape index (κ3) is 2.32. The van der Waals surface area contributed by atoms with Crippen LogP contribution in [0.4, 0.5) is 9.52 Å². The number of hydrogen-bond acceptors (Lipinski definition) is 6. The zero-order valence-electron chi connectivity index (χ0n) is 9.68. The van der Waals surface area contributed by atoms with Crippen LogP contribution in [0.3, 0.4) is 0 Å². The maximum atomic E-state index is 13.1. The van der Waals surface area contributed by atoms with Gasteiger partial charge >= 0.3 is 0 Å². The minimum atomic E-state index is -0.323. The highest BCUT2D eigenvalue weighted by molar-refractivity contribution is 7.22. The Balaban J connectivity index is 1.89. The Morgan fingerprint density at radius 2 is 2.26 bits per heavy atom. The van der Waals surface area contributed by atoms with Crippen molar-refractivity contribution in [3.05, 3.63) is 34.6 Å². The van der Waals surface area contributed by atoms with E-state index in [1.54, 1.807) is 13.0 Å². The van der Waals surface area contributed by atoms with Gasteiger partial charge in [0.2, 0.25) is 0 Å². The molecule has 0 radical (unpaired) electrons. The first-order valence-electron chi connectivity index (χ1n) is 5.30. The normalized spacial score (nSPS) is 10.8. The monoisotopic (exact) mass is 294 g/mol. The lowest BCUT2D eigenvalue weighted by molar-refractivity contribution is 0.103. The number of rotatable bonds is 2. The minimum Gasteiger partial charge on any atom is -0.297 e. The van der Waals surface area contributed by atoms with Crippen molar-refractivity contribution >= 4 is 44.1 Å². The lowest BCUT2D eigenvalue weighted by Gasteiger charge is -1.97. The lowest BCUT2D eigenvalue weighted by Crippen LogP contribution is -2.11. The zero-order valence-corrected chi connectivity index (χ0v) is 11.3. The van der Waals surface area contributed by atoms with Crippen LogP contribution in [0.2, 0.25) is 0 Å². The van der Waals surface area contributed by atoms with Gasteiger partial charge < -0.3 is 0 Å². The Bertz CT molecular complexity index is 767. The summed E-state index contributed by atoms with van der Waals surface area (Å²) in [5.41, 5.74) is 1.23. The zero-order chi connectivity index (χ0) is 13.4. The molecule has 3 rings (SSSR count). The second kappa shape index (κ2) is 4.63. The number of benzene rings is 1. The van der Waals surface area contributed by atoms with Gasteiger partial charge in [-0.2, -0.15) is 0 Å². The molecule has 5 nitrogen and oxygen atoms in total. The van der Waals surface area contributed by atoms with Crippen molar-refractivity contribution < 1.29 is 9.18 Å². The van der Waals surface area contributed by atoms with E-state index in [9.17, 15) is 9.18 Å². The van der Waals surface area contributed by atoms with E-state index in [1.807, 2.05) is 0 Å². The van der Waals surface area contributed by atoms with Crippen LogP contribution < -0.4 is 5.32 Å². The summed E-state index contributed by atoms with van der Waals surface area (Å²) in [5, 5.41) is 6.87. The first-order valence-corrected chi connectivity index (χ1v) is 6.89. The summed E-state index contributed by atoms with van der Waals surface area (Å²) in [7, 11) is 0. The maximum absolute atomic E-state index is 13.1. The van der Waals surface area contributed by atoms with Crippen molar-refractivity contribution in [1.29, 1.82) is 0 Å². The highest BCUT2D eigenvalue weighted by atomic mass is 32.1.